The van der Waals surface area contributed by atoms with Crippen molar-refractivity contribution in [2.24, 2.45) is 5.92 Å². The predicted octanol–water partition coefficient (Wildman–Crippen LogP) is 7.21. The van der Waals surface area contributed by atoms with Crippen molar-refractivity contribution in [1.82, 2.24) is 0 Å². The summed E-state index contributed by atoms with van der Waals surface area (Å²) in [6.07, 6.45) is 4.09. The van der Waals surface area contributed by atoms with Gasteiger partial charge in [-0.05, 0) is 54.2 Å². The highest BCUT2D eigenvalue weighted by atomic mass is 35.5. The Balaban J connectivity index is 2.29. The quantitative estimate of drug-likeness (QED) is 0.539. The number of hydrogen-bond acceptors (Lipinski definition) is 2. The molecular weight excluding hydrogens is 402 g/mol. The second-order valence-electron chi connectivity index (χ2n) is 6.70. The first-order valence-electron chi connectivity index (χ1n) is 8.14. The number of phenolic OH excluding ortho intramolecular Hbond substituents is 2. The van der Waals surface area contributed by atoms with Gasteiger partial charge in [-0.15, -0.1) is 0 Å². The number of benzene rings is 2. The van der Waals surface area contributed by atoms with E-state index in [-0.39, 0.29) is 42.9 Å². The minimum Gasteiger partial charge on any atom is -0.505 e. The first kappa shape index (κ1) is 19.0. The number of hydrogen-bond donors (Lipinski definition) is 2. The summed E-state index contributed by atoms with van der Waals surface area (Å²) in [7, 11) is 0. The van der Waals surface area contributed by atoms with Gasteiger partial charge in [-0.1, -0.05) is 66.2 Å². The van der Waals surface area contributed by atoms with Gasteiger partial charge in [0.05, 0.1) is 20.1 Å². The number of phenols is 2. The average Bonchev–Trinajstić information content (AvgIpc) is 2.57. The molecule has 2 aromatic rings. The molecule has 1 unspecified atom stereocenters. The van der Waals surface area contributed by atoms with E-state index in [4.69, 9.17) is 46.4 Å². The molecule has 0 saturated heterocycles. The van der Waals surface area contributed by atoms with Crippen molar-refractivity contribution in [2.75, 3.05) is 0 Å². The van der Waals surface area contributed by atoms with E-state index in [2.05, 4.69) is 6.92 Å². The van der Waals surface area contributed by atoms with Crippen LogP contribution in [0, 0.1) is 5.92 Å². The molecule has 6 heteroatoms. The third-order valence-corrected chi connectivity index (χ3v) is 6.52. The number of aromatic hydroxyl groups is 2. The molecule has 1 atom stereocenters. The standard InChI is InChI=1S/C19H18Cl4O2/c1-10-4-2-3-5-19(10,11-6-13(20)17(24)14(21)7-11)12-8-15(22)18(25)16(23)9-12/h6-10,24-25H,2-5H2,1H3. The van der Waals surface area contributed by atoms with Crippen molar-refractivity contribution >= 4 is 46.4 Å². The summed E-state index contributed by atoms with van der Waals surface area (Å²) < 4.78 is 0. The van der Waals surface area contributed by atoms with Gasteiger partial charge in [0, 0.05) is 5.41 Å². The molecule has 0 amide bonds. The maximum atomic E-state index is 9.93. The minimum absolute atomic E-state index is 0.118. The average molecular weight is 420 g/mol. The molecule has 0 radical (unpaired) electrons. The van der Waals surface area contributed by atoms with Crippen LogP contribution in [0.5, 0.6) is 11.5 Å². The Hall–Kier alpha value is -0.800. The van der Waals surface area contributed by atoms with Gasteiger partial charge in [0.1, 0.15) is 0 Å². The zero-order valence-corrected chi connectivity index (χ0v) is 16.6. The van der Waals surface area contributed by atoms with Crippen LogP contribution >= 0.6 is 46.4 Å². The molecule has 2 aromatic carbocycles. The van der Waals surface area contributed by atoms with Crippen molar-refractivity contribution in [3.8, 4) is 11.5 Å². The summed E-state index contributed by atoms with van der Waals surface area (Å²) in [5, 5.41) is 20.7. The molecule has 0 spiro atoms. The Labute approximate surface area is 167 Å². The van der Waals surface area contributed by atoms with Crippen molar-refractivity contribution in [1.29, 1.82) is 0 Å². The monoisotopic (exact) mass is 418 g/mol. The maximum Gasteiger partial charge on any atom is 0.152 e. The van der Waals surface area contributed by atoms with E-state index < -0.39 is 0 Å². The molecule has 1 saturated carbocycles. The summed E-state index contributed by atoms with van der Waals surface area (Å²) in [5.74, 6) is 0.0505. The lowest BCUT2D eigenvalue weighted by atomic mass is 9.60. The zero-order valence-electron chi connectivity index (χ0n) is 13.6. The van der Waals surface area contributed by atoms with E-state index in [0.717, 1.165) is 36.8 Å². The Bertz CT molecular complexity index is 716. The largest absolute Gasteiger partial charge is 0.505 e. The van der Waals surface area contributed by atoms with Crippen molar-refractivity contribution in [2.45, 2.75) is 38.0 Å². The van der Waals surface area contributed by atoms with Gasteiger partial charge in [0.15, 0.2) is 11.5 Å². The molecule has 0 heterocycles. The molecule has 3 rings (SSSR count). The van der Waals surface area contributed by atoms with E-state index >= 15 is 0 Å². The molecule has 0 aliphatic heterocycles. The Morgan fingerprint density at radius 2 is 1.20 bits per heavy atom. The van der Waals surface area contributed by atoms with Crippen LogP contribution in [-0.2, 0) is 5.41 Å². The summed E-state index contributed by atoms with van der Waals surface area (Å²) in [6, 6.07) is 7.05. The second-order valence-corrected chi connectivity index (χ2v) is 8.32. The van der Waals surface area contributed by atoms with E-state index in [9.17, 15) is 10.2 Å². The fourth-order valence-electron chi connectivity index (χ4n) is 4.02. The van der Waals surface area contributed by atoms with E-state index in [1.807, 2.05) is 0 Å². The van der Waals surface area contributed by atoms with Gasteiger partial charge < -0.3 is 10.2 Å². The van der Waals surface area contributed by atoms with Crippen LogP contribution in [0.3, 0.4) is 0 Å². The van der Waals surface area contributed by atoms with Gasteiger partial charge in [0.25, 0.3) is 0 Å². The highest BCUT2D eigenvalue weighted by molar-refractivity contribution is 6.37. The van der Waals surface area contributed by atoms with Crippen LogP contribution in [0.1, 0.15) is 43.7 Å². The summed E-state index contributed by atoms with van der Waals surface area (Å²) in [4.78, 5) is 0. The van der Waals surface area contributed by atoms with Crippen molar-refractivity contribution < 1.29 is 10.2 Å². The van der Waals surface area contributed by atoms with Gasteiger partial charge in [-0.2, -0.15) is 0 Å². The summed E-state index contributed by atoms with van der Waals surface area (Å²) in [6.45, 7) is 2.18. The predicted molar refractivity (Wildman–Crippen MR) is 105 cm³/mol. The van der Waals surface area contributed by atoms with Crippen molar-refractivity contribution in [3.05, 3.63) is 55.5 Å². The van der Waals surface area contributed by atoms with Gasteiger partial charge >= 0.3 is 0 Å². The first-order valence-corrected chi connectivity index (χ1v) is 9.65. The molecule has 1 fully saturated rings. The lowest BCUT2D eigenvalue weighted by Crippen LogP contribution is -2.38. The lowest BCUT2D eigenvalue weighted by molar-refractivity contribution is 0.244. The topological polar surface area (TPSA) is 40.5 Å². The van der Waals surface area contributed by atoms with Gasteiger partial charge in [-0.3, -0.25) is 0 Å². The Morgan fingerprint density at radius 1 is 0.800 bits per heavy atom. The SMILES string of the molecule is CC1CCCCC1(c1cc(Cl)c(O)c(Cl)c1)c1cc(Cl)c(O)c(Cl)c1. The molecule has 134 valence electrons. The van der Waals surface area contributed by atoms with E-state index in [0.29, 0.717) is 0 Å². The fraction of sp³-hybridized carbons (Fsp3) is 0.368. The van der Waals surface area contributed by atoms with Gasteiger partial charge in [0.2, 0.25) is 0 Å². The molecular formula is C19H18Cl4O2. The fourth-order valence-corrected chi connectivity index (χ4v) is 4.99. The maximum absolute atomic E-state index is 9.93. The van der Waals surface area contributed by atoms with Crippen LogP contribution in [0.4, 0.5) is 0 Å². The molecule has 1 aliphatic rings. The Morgan fingerprint density at radius 3 is 1.56 bits per heavy atom. The molecule has 2 nitrogen and oxygen atoms in total. The zero-order chi connectivity index (χ0) is 18.4. The third kappa shape index (κ3) is 3.19. The smallest absolute Gasteiger partial charge is 0.152 e. The van der Waals surface area contributed by atoms with Crippen molar-refractivity contribution in [3.63, 3.8) is 0 Å². The molecule has 0 bridgehead atoms. The van der Waals surface area contributed by atoms with Crippen LogP contribution in [0.25, 0.3) is 0 Å². The second kappa shape index (κ2) is 7.08. The van der Waals surface area contributed by atoms with E-state index in [1.165, 1.54) is 0 Å². The molecule has 2 N–H and O–H groups in total. The van der Waals surface area contributed by atoms with Crippen LogP contribution in [0.15, 0.2) is 24.3 Å². The van der Waals surface area contributed by atoms with Crippen LogP contribution in [0.2, 0.25) is 20.1 Å². The summed E-state index contributed by atoms with van der Waals surface area (Å²) >= 11 is 24.8. The number of rotatable bonds is 2. The molecule has 0 aromatic heterocycles. The molecule has 1 aliphatic carbocycles. The lowest BCUT2D eigenvalue weighted by Gasteiger charge is -2.44. The van der Waals surface area contributed by atoms with Crippen LogP contribution in [-0.4, -0.2) is 10.2 Å². The van der Waals surface area contributed by atoms with Crippen LogP contribution < -0.4 is 0 Å². The Kier molecular flexibility index (Phi) is 5.37. The summed E-state index contributed by atoms with van der Waals surface area (Å²) in [5.41, 5.74) is 1.45. The first-order chi connectivity index (χ1) is 11.8. The normalized spacial score (nSPS) is 19.8. The molecule has 25 heavy (non-hydrogen) atoms. The van der Waals surface area contributed by atoms with Gasteiger partial charge in [-0.25, -0.2) is 0 Å². The number of halogens is 4. The third-order valence-electron chi connectivity index (χ3n) is 5.36. The highest BCUT2D eigenvalue weighted by Crippen LogP contribution is 2.52. The van der Waals surface area contributed by atoms with E-state index in [1.54, 1.807) is 24.3 Å². The highest BCUT2D eigenvalue weighted by Gasteiger charge is 2.42. The minimum atomic E-state index is -0.389.